The number of carboxylic acid groups (broad SMARTS) is 1. The van der Waals surface area contributed by atoms with Gasteiger partial charge in [0.25, 0.3) is 0 Å². The number of carbonyl (C=O) groups is 2. The van der Waals surface area contributed by atoms with Crippen molar-refractivity contribution in [2.24, 2.45) is 0 Å². The number of hydrogen-bond donors (Lipinski definition) is 1. The number of nitrogens with zero attached hydrogens (tertiary/aromatic N) is 2. The second-order valence-electron chi connectivity index (χ2n) is 2.95. The lowest BCUT2D eigenvalue weighted by atomic mass is 10.4. The van der Waals surface area contributed by atoms with Crippen LogP contribution < -0.4 is 0 Å². The van der Waals surface area contributed by atoms with Gasteiger partial charge in [0.1, 0.15) is 6.54 Å². The predicted molar refractivity (Wildman–Crippen MR) is 59.5 cm³/mol. The second kappa shape index (κ2) is 7.19. The Morgan fingerprint density at radius 3 is 2.06 bits per heavy atom. The van der Waals surface area contributed by atoms with E-state index in [1.165, 1.54) is 4.90 Å². The number of aliphatic carboxylic acids is 1. The van der Waals surface area contributed by atoms with Gasteiger partial charge in [-0.2, -0.15) is 0 Å². The van der Waals surface area contributed by atoms with E-state index in [1.54, 1.807) is 6.92 Å². The van der Waals surface area contributed by atoms with Crippen LogP contribution in [0.5, 0.6) is 0 Å². The summed E-state index contributed by atoms with van der Waals surface area (Å²) in [5.74, 6) is 3.46. The minimum absolute atomic E-state index is 0.0494. The van der Waals surface area contributed by atoms with Crippen LogP contribution >= 0.6 is 0 Å². The maximum absolute atomic E-state index is 11.8. The third-order valence-corrected chi connectivity index (χ3v) is 1.81. The Morgan fingerprint density at radius 1 is 1.19 bits per heavy atom. The van der Waals surface area contributed by atoms with Gasteiger partial charge in [0, 0.05) is 6.54 Å². The first-order valence-corrected chi connectivity index (χ1v) is 4.69. The minimum atomic E-state index is -1.11. The van der Waals surface area contributed by atoms with E-state index in [0.717, 1.165) is 4.90 Å². The highest BCUT2D eigenvalue weighted by Crippen LogP contribution is 1.98. The first-order chi connectivity index (χ1) is 7.56. The molecule has 0 fully saturated rings. The molecule has 0 aliphatic carbocycles. The predicted octanol–water partition coefficient (Wildman–Crippen LogP) is 0.0813. The molecule has 0 heterocycles. The van der Waals surface area contributed by atoms with Crippen LogP contribution in [0.15, 0.2) is 0 Å². The van der Waals surface area contributed by atoms with Crippen LogP contribution in [-0.4, -0.2) is 53.1 Å². The number of hydrogen-bond acceptors (Lipinski definition) is 2. The molecule has 0 rings (SSSR count). The van der Waals surface area contributed by atoms with Crippen molar-refractivity contribution < 1.29 is 14.7 Å². The van der Waals surface area contributed by atoms with E-state index in [9.17, 15) is 9.59 Å². The highest BCUT2D eigenvalue weighted by molar-refractivity contribution is 5.80. The van der Waals surface area contributed by atoms with Crippen LogP contribution in [0.1, 0.15) is 6.92 Å². The lowest BCUT2D eigenvalue weighted by molar-refractivity contribution is -0.137. The third-order valence-electron chi connectivity index (χ3n) is 1.81. The highest BCUT2D eigenvalue weighted by Gasteiger charge is 2.20. The Hall–Kier alpha value is -2.14. The van der Waals surface area contributed by atoms with Gasteiger partial charge in [0.15, 0.2) is 0 Å². The van der Waals surface area contributed by atoms with Gasteiger partial charge < -0.3 is 14.9 Å². The van der Waals surface area contributed by atoms with Gasteiger partial charge >= 0.3 is 12.0 Å². The molecule has 0 bridgehead atoms. The molecule has 0 atom stereocenters. The zero-order chi connectivity index (χ0) is 12.6. The Bertz CT molecular complexity index is 338. The zero-order valence-corrected chi connectivity index (χ0v) is 9.14. The van der Waals surface area contributed by atoms with Crippen molar-refractivity contribution in [3.05, 3.63) is 0 Å². The standard InChI is InChI=1S/C11H14N2O3/c1-4-7-12(6-3)11(16)13(8-5-2)9-10(14)15/h1-2H,6-9H2,3H3,(H,14,15). The summed E-state index contributed by atoms with van der Waals surface area (Å²) in [4.78, 5) is 24.7. The molecule has 0 aliphatic heterocycles. The molecular formula is C11H14N2O3. The van der Waals surface area contributed by atoms with Crippen LogP contribution in [0.3, 0.4) is 0 Å². The van der Waals surface area contributed by atoms with Gasteiger partial charge in [-0.15, -0.1) is 12.8 Å². The zero-order valence-electron chi connectivity index (χ0n) is 9.14. The summed E-state index contributed by atoms with van der Waals surface area (Å²) in [5.41, 5.74) is 0. The Kier molecular flexibility index (Phi) is 6.23. The van der Waals surface area contributed by atoms with Crippen LogP contribution in [0, 0.1) is 24.7 Å². The molecule has 0 saturated carbocycles. The quantitative estimate of drug-likeness (QED) is 0.670. The lowest BCUT2D eigenvalue weighted by Gasteiger charge is -2.26. The van der Waals surface area contributed by atoms with E-state index in [1.807, 2.05) is 0 Å². The van der Waals surface area contributed by atoms with Crippen molar-refractivity contribution in [1.29, 1.82) is 0 Å². The second-order valence-corrected chi connectivity index (χ2v) is 2.95. The maximum atomic E-state index is 11.8. The minimum Gasteiger partial charge on any atom is -0.480 e. The monoisotopic (exact) mass is 222 g/mol. The first-order valence-electron chi connectivity index (χ1n) is 4.69. The SMILES string of the molecule is C#CCN(CC)C(=O)N(CC#C)CC(=O)O. The molecular weight excluding hydrogens is 208 g/mol. The van der Waals surface area contributed by atoms with Crippen molar-refractivity contribution in [3.63, 3.8) is 0 Å². The van der Waals surface area contributed by atoms with Gasteiger partial charge in [-0.1, -0.05) is 11.8 Å². The van der Waals surface area contributed by atoms with Crippen molar-refractivity contribution in [2.75, 3.05) is 26.2 Å². The Morgan fingerprint density at radius 2 is 1.69 bits per heavy atom. The molecule has 2 amide bonds. The number of urea groups is 1. The van der Waals surface area contributed by atoms with Gasteiger partial charge in [0.05, 0.1) is 13.1 Å². The molecule has 1 N–H and O–H groups in total. The molecule has 5 nitrogen and oxygen atoms in total. The molecule has 0 aromatic carbocycles. The van der Waals surface area contributed by atoms with Crippen LogP contribution in [0.4, 0.5) is 4.79 Å². The van der Waals surface area contributed by atoms with E-state index in [4.69, 9.17) is 18.0 Å². The molecule has 16 heavy (non-hydrogen) atoms. The Balaban J connectivity index is 4.65. The summed E-state index contributed by atoms with van der Waals surface area (Å²) < 4.78 is 0. The van der Waals surface area contributed by atoms with Crippen LogP contribution in [-0.2, 0) is 4.79 Å². The lowest BCUT2D eigenvalue weighted by Crippen LogP contribution is -2.45. The molecule has 0 radical (unpaired) electrons. The number of rotatable bonds is 5. The topological polar surface area (TPSA) is 60.9 Å². The van der Waals surface area contributed by atoms with E-state index in [0.29, 0.717) is 6.54 Å². The first kappa shape index (κ1) is 13.9. The van der Waals surface area contributed by atoms with E-state index >= 15 is 0 Å². The fourth-order valence-corrected chi connectivity index (χ4v) is 1.09. The maximum Gasteiger partial charge on any atom is 0.323 e. The number of carbonyl (C=O) groups excluding carboxylic acids is 1. The molecule has 0 aromatic rings. The molecule has 86 valence electrons. The summed E-state index contributed by atoms with van der Waals surface area (Å²) in [6.45, 7) is 1.82. The Labute approximate surface area is 95.0 Å². The highest BCUT2D eigenvalue weighted by atomic mass is 16.4. The van der Waals surface area contributed by atoms with E-state index in [-0.39, 0.29) is 13.1 Å². The van der Waals surface area contributed by atoms with E-state index in [2.05, 4.69) is 11.8 Å². The summed E-state index contributed by atoms with van der Waals surface area (Å²) in [7, 11) is 0. The molecule has 0 unspecified atom stereocenters. The largest absolute Gasteiger partial charge is 0.480 e. The van der Waals surface area contributed by atoms with Crippen molar-refractivity contribution >= 4 is 12.0 Å². The fraction of sp³-hybridized carbons (Fsp3) is 0.455. The van der Waals surface area contributed by atoms with Crippen LogP contribution in [0.25, 0.3) is 0 Å². The van der Waals surface area contributed by atoms with Gasteiger partial charge in [-0.05, 0) is 6.92 Å². The van der Waals surface area contributed by atoms with Crippen molar-refractivity contribution in [1.82, 2.24) is 9.80 Å². The fourth-order valence-electron chi connectivity index (χ4n) is 1.09. The average Bonchev–Trinajstić information content (AvgIpc) is 2.23. The molecule has 0 saturated heterocycles. The van der Waals surface area contributed by atoms with Gasteiger partial charge in [-0.3, -0.25) is 4.79 Å². The smallest absolute Gasteiger partial charge is 0.323 e. The van der Waals surface area contributed by atoms with Gasteiger partial charge in [0.2, 0.25) is 0 Å². The molecule has 0 aromatic heterocycles. The summed E-state index contributed by atoms with van der Waals surface area (Å²) in [6, 6.07) is -0.458. The average molecular weight is 222 g/mol. The van der Waals surface area contributed by atoms with Gasteiger partial charge in [-0.25, -0.2) is 4.79 Å². The van der Waals surface area contributed by atoms with Crippen molar-refractivity contribution in [2.45, 2.75) is 6.92 Å². The molecule has 0 spiro atoms. The number of terminal acetylenes is 2. The summed E-state index contributed by atoms with van der Waals surface area (Å²) in [5, 5.41) is 8.62. The van der Waals surface area contributed by atoms with Crippen molar-refractivity contribution in [3.8, 4) is 24.7 Å². The number of amides is 2. The normalized spacial score (nSPS) is 8.69. The van der Waals surface area contributed by atoms with Crippen LogP contribution in [0.2, 0.25) is 0 Å². The third kappa shape index (κ3) is 4.39. The summed E-state index contributed by atoms with van der Waals surface area (Å²) in [6.07, 6.45) is 10.2. The van der Waals surface area contributed by atoms with E-state index < -0.39 is 18.5 Å². The summed E-state index contributed by atoms with van der Waals surface area (Å²) >= 11 is 0. The number of carboxylic acids is 1. The molecule has 0 aliphatic rings. The molecule has 5 heteroatoms.